The Kier molecular flexibility index (Phi) is 4.72. The van der Waals surface area contributed by atoms with Crippen LogP contribution in [0.1, 0.15) is 5.56 Å². The van der Waals surface area contributed by atoms with E-state index in [1.165, 1.54) is 24.3 Å². The van der Waals surface area contributed by atoms with E-state index in [4.69, 9.17) is 28.9 Å². The predicted octanol–water partition coefficient (Wildman–Crippen LogP) is 4.45. The van der Waals surface area contributed by atoms with E-state index in [0.717, 1.165) is 0 Å². The summed E-state index contributed by atoms with van der Waals surface area (Å²) in [5.74, 6) is 0. The number of halogens is 3. The molecule has 0 aliphatic heterocycles. The molecule has 2 aromatic rings. The number of sulfonamides is 1. The molecule has 0 aromatic heterocycles. The van der Waals surface area contributed by atoms with Crippen LogP contribution >= 0.6 is 39.1 Å². The van der Waals surface area contributed by atoms with Gasteiger partial charge in [0.1, 0.15) is 0 Å². The molecule has 0 unspecified atom stereocenters. The van der Waals surface area contributed by atoms with Gasteiger partial charge in [0.2, 0.25) is 0 Å². The Morgan fingerprint density at radius 2 is 1.81 bits per heavy atom. The zero-order valence-corrected chi connectivity index (χ0v) is 14.7. The van der Waals surface area contributed by atoms with Crippen molar-refractivity contribution >= 4 is 60.5 Å². The Balaban J connectivity index is 2.45. The monoisotopic (exact) mass is 408 g/mol. The van der Waals surface area contributed by atoms with Gasteiger partial charge in [0.25, 0.3) is 10.0 Å². The van der Waals surface area contributed by atoms with Crippen LogP contribution in [0.5, 0.6) is 0 Å². The summed E-state index contributed by atoms with van der Waals surface area (Å²) in [5.41, 5.74) is 6.98. The third-order valence-electron chi connectivity index (χ3n) is 2.83. The van der Waals surface area contributed by atoms with E-state index in [1.807, 2.05) is 0 Å². The van der Waals surface area contributed by atoms with Gasteiger partial charge in [-0.1, -0.05) is 39.1 Å². The van der Waals surface area contributed by atoms with Gasteiger partial charge in [-0.2, -0.15) is 0 Å². The van der Waals surface area contributed by atoms with Crippen molar-refractivity contribution in [3.05, 3.63) is 50.4 Å². The predicted molar refractivity (Wildman–Crippen MR) is 90.6 cm³/mol. The molecule has 21 heavy (non-hydrogen) atoms. The van der Waals surface area contributed by atoms with Gasteiger partial charge in [-0.3, -0.25) is 4.72 Å². The van der Waals surface area contributed by atoms with Gasteiger partial charge in [0.05, 0.1) is 20.6 Å². The van der Waals surface area contributed by atoms with E-state index in [-0.39, 0.29) is 9.92 Å². The quantitative estimate of drug-likeness (QED) is 0.735. The molecule has 0 bridgehead atoms. The molecule has 0 atom stereocenters. The maximum Gasteiger partial charge on any atom is 0.262 e. The van der Waals surface area contributed by atoms with Crippen molar-refractivity contribution in [3.8, 4) is 0 Å². The minimum absolute atomic E-state index is 0.0976. The van der Waals surface area contributed by atoms with E-state index in [1.54, 1.807) is 13.0 Å². The number of nitrogens with two attached hydrogens (primary N) is 1. The van der Waals surface area contributed by atoms with Crippen LogP contribution in [0.3, 0.4) is 0 Å². The van der Waals surface area contributed by atoms with E-state index in [0.29, 0.717) is 26.4 Å². The molecule has 0 aliphatic rings. The van der Waals surface area contributed by atoms with Gasteiger partial charge in [-0.05, 0) is 42.8 Å². The molecule has 0 amide bonds. The minimum atomic E-state index is -3.78. The third-order valence-corrected chi connectivity index (χ3v) is 5.53. The minimum Gasteiger partial charge on any atom is -0.398 e. The molecule has 112 valence electrons. The Morgan fingerprint density at radius 3 is 2.43 bits per heavy atom. The van der Waals surface area contributed by atoms with Gasteiger partial charge in [-0.25, -0.2) is 8.42 Å². The zero-order valence-electron chi connectivity index (χ0n) is 10.8. The van der Waals surface area contributed by atoms with Crippen LogP contribution in [0.4, 0.5) is 11.4 Å². The van der Waals surface area contributed by atoms with Gasteiger partial charge in [0.15, 0.2) is 0 Å². The molecule has 4 nitrogen and oxygen atoms in total. The van der Waals surface area contributed by atoms with Crippen LogP contribution in [-0.2, 0) is 10.0 Å². The molecule has 8 heteroatoms. The zero-order chi connectivity index (χ0) is 15.8. The highest BCUT2D eigenvalue weighted by atomic mass is 79.9. The van der Waals surface area contributed by atoms with Crippen LogP contribution in [0, 0.1) is 6.92 Å². The first-order chi connectivity index (χ1) is 9.70. The SMILES string of the molecule is Cc1c(N)cc(Br)cc1S(=O)(=O)Nc1ccc(Cl)c(Cl)c1. The summed E-state index contributed by atoms with van der Waals surface area (Å²) in [6.45, 7) is 1.64. The second kappa shape index (κ2) is 6.04. The van der Waals surface area contributed by atoms with E-state index in [2.05, 4.69) is 20.7 Å². The molecule has 0 fully saturated rings. The Morgan fingerprint density at radius 1 is 1.14 bits per heavy atom. The van der Waals surface area contributed by atoms with Crippen molar-refractivity contribution in [1.29, 1.82) is 0 Å². The largest absolute Gasteiger partial charge is 0.398 e. The first kappa shape index (κ1) is 16.4. The topological polar surface area (TPSA) is 72.2 Å². The number of rotatable bonds is 3. The first-order valence-corrected chi connectivity index (χ1v) is 8.77. The van der Waals surface area contributed by atoms with Crippen molar-refractivity contribution in [2.75, 3.05) is 10.5 Å². The normalized spacial score (nSPS) is 11.4. The summed E-state index contributed by atoms with van der Waals surface area (Å²) >= 11 is 14.9. The molecule has 2 aromatic carbocycles. The second-order valence-corrected chi connectivity index (χ2v) is 7.73. The van der Waals surface area contributed by atoms with Crippen LogP contribution in [0.25, 0.3) is 0 Å². The molecular weight excluding hydrogens is 399 g/mol. The van der Waals surface area contributed by atoms with Gasteiger partial charge >= 0.3 is 0 Å². The highest BCUT2D eigenvalue weighted by Gasteiger charge is 2.19. The molecule has 0 heterocycles. The summed E-state index contributed by atoms with van der Waals surface area (Å²) in [7, 11) is -3.78. The molecule has 2 rings (SSSR count). The Hall–Kier alpha value is -0.950. The summed E-state index contributed by atoms with van der Waals surface area (Å²) in [5, 5.41) is 0.616. The van der Waals surface area contributed by atoms with Gasteiger partial charge < -0.3 is 5.73 Å². The van der Waals surface area contributed by atoms with Gasteiger partial charge in [0, 0.05) is 10.2 Å². The van der Waals surface area contributed by atoms with Crippen molar-refractivity contribution in [3.63, 3.8) is 0 Å². The highest BCUT2D eigenvalue weighted by Crippen LogP contribution is 2.30. The molecule has 0 spiro atoms. The molecule has 0 saturated carbocycles. The number of nitrogens with one attached hydrogen (secondary N) is 1. The Labute approximate surface area is 141 Å². The first-order valence-electron chi connectivity index (χ1n) is 5.74. The van der Waals surface area contributed by atoms with Crippen LogP contribution in [0.15, 0.2) is 39.7 Å². The molecule has 3 N–H and O–H groups in total. The summed E-state index contributed by atoms with van der Waals surface area (Å²) in [4.78, 5) is 0.0976. The third kappa shape index (κ3) is 3.63. The smallest absolute Gasteiger partial charge is 0.262 e. The lowest BCUT2D eigenvalue weighted by Crippen LogP contribution is -2.15. The summed E-state index contributed by atoms with van der Waals surface area (Å²) in [6, 6.07) is 7.63. The number of hydrogen-bond donors (Lipinski definition) is 2. The molecule has 0 saturated heterocycles. The van der Waals surface area contributed by atoms with Gasteiger partial charge in [-0.15, -0.1) is 0 Å². The van der Waals surface area contributed by atoms with Crippen molar-refractivity contribution < 1.29 is 8.42 Å². The number of hydrogen-bond acceptors (Lipinski definition) is 3. The van der Waals surface area contributed by atoms with E-state index < -0.39 is 10.0 Å². The standard InChI is InChI=1S/C13H11BrCl2N2O2S/c1-7-12(17)4-8(14)5-13(7)21(19,20)18-9-2-3-10(15)11(16)6-9/h2-6,18H,17H2,1H3. The Bertz CT molecular complexity index is 810. The van der Waals surface area contributed by atoms with E-state index >= 15 is 0 Å². The highest BCUT2D eigenvalue weighted by molar-refractivity contribution is 9.10. The lowest BCUT2D eigenvalue weighted by Gasteiger charge is -2.13. The fourth-order valence-corrected chi connectivity index (χ4v) is 4.00. The maximum atomic E-state index is 12.5. The summed E-state index contributed by atoms with van der Waals surface area (Å²) < 4.78 is 28.0. The average molecular weight is 410 g/mol. The van der Waals surface area contributed by atoms with Crippen molar-refractivity contribution in [2.24, 2.45) is 0 Å². The van der Waals surface area contributed by atoms with E-state index in [9.17, 15) is 8.42 Å². The average Bonchev–Trinajstić information content (AvgIpc) is 2.37. The van der Waals surface area contributed by atoms with Crippen LogP contribution in [-0.4, -0.2) is 8.42 Å². The van der Waals surface area contributed by atoms with Crippen molar-refractivity contribution in [1.82, 2.24) is 0 Å². The van der Waals surface area contributed by atoms with Crippen LogP contribution in [0.2, 0.25) is 10.0 Å². The molecular formula is C13H11BrCl2N2O2S. The lowest BCUT2D eigenvalue weighted by atomic mass is 10.2. The molecule has 0 radical (unpaired) electrons. The number of benzene rings is 2. The summed E-state index contributed by atoms with van der Waals surface area (Å²) in [6.07, 6.45) is 0. The van der Waals surface area contributed by atoms with Crippen molar-refractivity contribution in [2.45, 2.75) is 11.8 Å². The number of nitrogen functional groups attached to an aromatic ring is 1. The molecule has 0 aliphatic carbocycles. The maximum absolute atomic E-state index is 12.5. The fraction of sp³-hybridized carbons (Fsp3) is 0.0769. The lowest BCUT2D eigenvalue weighted by molar-refractivity contribution is 0.600. The fourth-order valence-electron chi connectivity index (χ4n) is 1.72. The number of anilines is 2. The second-order valence-electron chi connectivity index (χ2n) is 4.35. The van der Waals surface area contributed by atoms with Crippen LogP contribution < -0.4 is 10.5 Å².